The van der Waals surface area contributed by atoms with Gasteiger partial charge >= 0.3 is 0 Å². The minimum absolute atomic E-state index is 0.131. The molecule has 104 valence electrons. The summed E-state index contributed by atoms with van der Waals surface area (Å²) in [6.07, 6.45) is 7.10. The Bertz CT molecular complexity index is 645. The average Bonchev–Trinajstić information content (AvgIpc) is 2.97. The molecule has 0 amide bonds. The Morgan fingerprint density at radius 3 is 2.60 bits per heavy atom. The number of anilines is 2. The first kappa shape index (κ1) is 12.6. The Hall–Kier alpha value is -2.44. The van der Waals surface area contributed by atoms with Crippen LogP contribution in [0, 0.1) is 0 Å². The molecule has 0 radical (unpaired) electrons. The normalized spacial score (nSPS) is 14.7. The average molecular weight is 272 g/mol. The molecule has 7 nitrogen and oxygen atoms in total. The zero-order chi connectivity index (χ0) is 13.9. The minimum Gasteiger partial charge on any atom is -0.382 e. The zero-order valence-corrected chi connectivity index (χ0v) is 11.1. The topological polar surface area (TPSA) is 89.9 Å². The number of hydrogen-bond acceptors (Lipinski definition) is 6. The minimum atomic E-state index is -0.131. The fourth-order valence-electron chi connectivity index (χ4n) is 2.29. The van der Waals surface area contributed by atoms with E-state index >= 15 is 0 Å². The van der Waals surface area contributed by atoms with Crippen LogP contribution < -0.4 is 16.2 Å². The van der Waals surface area contributed by atoms with Gasteiger partial charge in [0, 0.05) is 19.2 Å². The Kier molecular flexibility index (Phi) is 3.32. The smallest absolute Gasteiger partial charge is 0.269 e. The predicted molar refractivity (Wildman–Crippen MR) is 75.5 cm³/mol. The van der Waals surface area contributed by atoms with Gasteiger partial charge in [0.1, 0.15) is 5.82 Å². The number of nitrogen functional groups attached to an aromatic ring is 1. The molecule has 0 bridgehead atoms. The van der Waals surface area contributed by atoms with Gasteiger partial charge in [0.05, 0.1) is 36.5 Å². The maximum Gasteiger partial charge on any atom is 0.269 e. The number of nitrogens with two attached hydrogens (primary N) is 1. The highest BCUT2D eigenvalue weighted by molar-refractivity contribution is 5.43. The van der Waals surface area contributed by atoms with Crippen LogP contribution in [0.2, 0.25) is 0 Å². The summed E-state index contributed by atoms with van der Waals surface area (Å²) in [6.45, 7) is 2.29. The molecule has 0 spiro atoms. The van der Waals surface area contributed by atoms with Crippen LogP contribution >= 0.6 is 0 Å². The summed E-state index contributed by atoms with van der Waals surface area (Å²) >= 11 is 0. The molecular weight excluding hydrogens is 256 g/mol. The van der Waals surface area contributed by atoms with E-state index < -0.39 is 0 Å². The third-order valence-electron chi connectivity index (χ3n) is 3.36. The predicted octanol–water partition coefficient (Wildman–Crippen LogP) is 0.264. The van der Waals surface area contributed by atoms with E-state index in [2.05, 4.69) is 20.0 Å². The fraction of sp³-hybridized carbons (Fsp3) is 0.385. The molecule has 0 aromatic carbocycles. The molecule has 7 heteroatoms. The first-order valence-electron chi connectivity index (χ1n) is 6.61. The number of hydrogen-bond donors (Lipinski definition) is 1. The molecule has 0 atom stereocenters. The van der Waals surface area contributed by atoms with Crippen molar-refractivity contribution in [1.29, 1.82) is 0 Å². The maximum atomic E-state index is 12.1. The lowest BCUT2D eigenvalue weighted by Gasteiger charge is -2.16. The summed E-state index contributed by atoms with van der Waals surface area (Å²) in [6, 6.07) is 1.63. The Morgan fingerprint density at radius 2 is 1.95 bits per heavy atom. The molecule has 1 aliphatic rings. The zero-order valence-electron chi connectivity index (χ0n) is 11.1. The third-order valence-corrected chi connectivity index (χ3v) is 3.36. The van der Waals surface area contributed by atoms with Crippen LogP contribution in [0.4, 0.5) is 11.5 Å². The monoisotopic (exact) mass is 272 g/mol. The first-order chi connectivity index (χ1) is 9.72. The molecule has 0 unspecified atom stereocenters. The third kappa shape index (κ3) is 2.61. The van der Waals surface area contributed by atoms with Crippen molar-refractivity contribution in [3.63, 3.8) is 0 Å². The van der Waals surface area contributed by atoms with E-state index in [0.29, 0.717) is 18.1 Å². The van der Waals surface area contributed by atoms with Crippen molar-refractivity contribution in [2.75, 3.05) is 23.7 Å². The van der Waals surface area contributed by atoms with E-state index in [-0.39, 0.29) is 5.56 Å². The Morgan fingerprint density at radius 1 is 1.15 bits per heavy atom. The molecule has 1 aliphatic heterocycles. The summed E-state index contributed by atoms with van der Waals surface area (Å²) < 4.78 is 1.37. The van der Waals surface area contributed by atoms with Gasteiger partial charge in [-0.1, -0.05) is 0 Å². The van der Waals surface area contributed by atoms with Crippen molar-refractivity contribution < 1.29 is 0 Å². The summed E-state index contributed by atoms with van der Waals surface area (Å²) in [5.74, 6) is 0.360. The van der Waals surface area contributed by atoms with Crippen LogP contribution in [0.25, 0.3) is 0 Å². The van der Waals surface area contributed by atoms with Gasteiger partial charge < -0.3 is 10.6 Å². The highest BCUT2D eigenvalue weighted by Crippen LogP contribution is 2.16. The quantitative estimate of drug-likeness (QED) is 0.862. The fourth-order valence-corrected chi connectivity index (χ4v) is 2.29. The Labute approximate surface area is 116 Å². The van der Waals surface area contributed by atoms with Gasteiger partial charge in [-0.25, -0.2) is 9.67 Å². The van der Waals surface area contributed by atoms with Crippen LogP contribution in [0.15, 0.2) is 29.5 Å². The highest BCUT2D eigenvalue weighted by Gasteiger charge is 2.13. The molecule has 1 saturated heterocycles. The second kappa shape index (κ2) is 5.28. The van der Waals surface area contributed by atoms with E-state index in [4.69, 9.17) is 5.73 Å². The van der Waals surface area contributed by atoms with Crippen molar-refractivity contribution in [3.05, 3.63) is 40.7 Å². The summed E-state index contributed by atoms with van der Waals surface area (Å²) in [5.41, 5.74) is 6.90. The second-order valence-electron chi connectivity index (χ2n) is 4.84. The molecule has 20 heavy (non-hydrogen) atoms. The van der Waals surface area contributed by atoms with Crippen molar-refractivity contribution in [1.82, 2.24) is 19.7 Å². The number of nitrogens with zero attached hydrogens (tertiary/aromatic N) is 5. The van der Waals surface area contributed by atoms with E-state index in [1.165, 1.54) is 23.7 Å². The largest absolute Gasteiger partial charge is 0.382 e. The van der Waals surface area contributed by atoms with Crippen molar-refractivity contribution in [2.45, 2.75) is 19.4 Å². The van der Waals surface area contributed by atoms with E-state index in [0.717, 1.165) is 18.8 Å². The van der Waals surface area contributed by atoms with E-state index in [1.54, 1.807) is 18.5 Å². The van der Waals surface area contributed by atoms with Crippen molar-refractivity contribution in [3.8, 4) is 0 Å². The lowest BCUT2D eigenvalue weighted by Crippen LogP contribution is -2.26. The Balaban J connectivity index is 1.80. The van der Waals surface area contributed by atoms with Gasteiger partial charge in [0.2, 0.25) is 0 Å². The van der Waals surface area contributed by atoms with E-state index in [1.807, 2.05) is 0 Å². The van der Waals surface area contributed by atoms with Crippen LogP contribution in [-0.2, 0) is 6.54 Å². The number of rotatable bonds is 3. The van der Waals surface area contributed by atoms with Crippen LogP contribution in [0.5, 0.6) is 0 Å². The molecule has 2 N–H and O–H groups in total. The second-order valence-corrected chi connectivity index (χ2v) is 4.84. The molecular formula is C13H16N6O. The van der Waals surface area contributed by atoms with E-state index in [9.17, 15) is 4.79 Å². The van der Waals surface area contributed by atoms with Crippen molar-refractivity contribution in [2.24, 2.45) is 0 Å². The van der Waals surface area contributed by atoms with Gasteiger partial charge in [0.15, 0.2) is 0 Å². The van der Waals surface area contributed by atoms with Crippen molar-refractivity contribution >= 4 is 11.5 Å². The first-order valence-corrected chi connectivity index (χ1v) is 6.61. The lowest BCUT2D eigenvalue weighted by atomic mass is 10.4. The summed E-state index contributed by atoms with van der Waals surface area (Å²) in [7, 11) is 0. The SMILES string of the molecule is Nc1cnc(Cn2ncc(N3CCCC3)cc2=O)cn1. The molecule has 2 aromatic rings. The molecule has 2 aromatic heterocycles. The van der Waals surface area contributed by atoms with Crippen LogP contribution in [-0.4, -0.2) is 32.8 Å². The lowest BCUT2D eigenvalue weighted by molar-refractivity contribution is 0.624. The molecule has 3 heterocycles. The molecule has 1 fully saturated rings. The standard InChI is InChI=1S/C13H16N6O/c14-12-8-15-10(6-16-12)9-19-13(20)5-11(7-17-19)18-3-1-2-4-18/h5-8H,1-4,9H2,(H2,14,16). The maximum absolute atomic E-state index is 12.1. The summed E-state index contributed by atoms with van der Waals surface area (Å²) in [4.78, 5) is 22.3. The number of aromatic nitrogens is 4. The van der Waals surface area contributed by atoms with Gasteiger partial charge in [-0.2, -0.15) is 5.10 Å². The van der Waals surface area contributed by atoms with Gasteiger partial charge in [-0.3, -0.25) is 9.78 Å². The van der Waals surface area contributed by atoms with Gasteiger partial charge in [0.25, 0.3) is 5.56 Å². The highest BCUT2D eigenvalue weighted by atomic mass is 16.1. The van der Waals surface area contributed by atoms with Crippen LogP contribution in [0.3, 0.4) is 0 Å². The van der Waals surface area contributed by atoms with Crippen LogP contribution in [0.1, 0.15) is 18.5 Å². The van der Waals surface area contributed by atoms with Gasteiger partial charge in [-0.05, 0) is 12.8 Å². The molecule has 3 rings (SSSR count). The molecule has 0 saturated carbocycles. The molecule has 0 aliphatic carbocycles. The van der Waals surface area contributed by atoms with Gasteiger partial charge in [-0.15, -0.1) is 0 Å². The summed E-state index contributed by atoms with van der Waals surface area (Å²) in [5, 5.41) is 4.20.